The van der Waals surface area contributed by atoms with E-state index in [1.165, 1.54) is 33.4 Å². The lowest BCUT2D eigenvalue weighted by atomic mass is 9.88. The number of hydrogen-bond acceptors (Lipinski definition) is 2. The Labute approximate surface area is 255 Å². The van der Waals surface area contributed by atoms with Gasteiger partial charge in [0.15, 0.2) is 0 Å². The summed E-state index contributed by atoms with van der Waals surface area (Å²) in [6.45, 7) is 2.42. The van der Waals surface area contributed by atoms with Gasteiger partial charge in [0.25, 0.3) is 0 Å². The molecule has 1 aliphatic heterocycles. The van der Waals surface area contributed by atoms with E-state index in [9.17, 15) is 0 Å². The molecule has 0 N–H and O–H groups in total. The van der Waals surface area contributed by atoms with E-state index in [0.717, 1.165) is 0 Å². The van der Waals surface area contributed by atoms with Crippen molar-refractivity contribution in [3.8, 4) is 0 Å². The second kappa shape index (κ2) is 12.6. The van der Waals surface area contributed by atoms with Gasteiger partial charge >= 0.3 is 0 Å². The van der Waals surface area contributed by atoms with Crippen LogP contribution in [0.2, 0.25) is 0 Å². The first kappa shape index (κ1) is 27.1. The molecule has 2 nitrogen and oxygen atoms in total. The second-order valence-corrected chi connectivity index (χ2v) is 11.2. The van der Waals surface area contributed by atoms with E-state index in [0.29, 0.717) is 0 Å². The van der Waals surface area contributed by atoms with Crippen molar-refractivity contribution in [2.24, 2.45) is 0 Å². The van der Waals surface area contributed by atoms with E-state index in [2.05, 4.69) is 198 Å². The molecule has 0 saturated carbocycles. The van der Waals surface area contributed by atoms with Crippen LogP contribution in [-0.4, -0.2) is 9.80 Å². The highest BCUT2D eigenvalue weighted by Crippen LogP contribution is 2.54. The van der Waals surface area contributed by atoms with Crippen LogP contribution in [0.5, 0.6) is 0 Å². The predicted octanol–water partition coefficient (Wildman–Crippen LogP) is 9.79. The van der Waals surface area contributed by atoms with Crippen LogP contribution >= 0.6 is 0 Å². The fourth-order valence-electron chi connectivity index (χ4n) is 6.70. The third kappa shape index (κ3) is 5.56. The number of benzene rings is 6. The van der Waals surface area contributed by atoms with Crippen molar-refractivity contribution in [1.29, 1.82) is 0 Å². The first-order valence-electron chi connectivity index (χ1n) is 15.1. The number of rotatable bonds is 8. The lowest BCUT2D eigenvalue weighted by Crippen LogP contribution is -2.29. The molecule has 1 fully saturated rings. The van der Waals surface area contributed by atoms with Gasteiger partial charge in [0, 0.05) is 0 Å². The van der Waals surface area contributed by atoms with Gasteiger partial charge in [-0.1, -0.05) is 182 Å². The van der Waals surface area contributed by atoms with Crippen molar-refractivity contribution in [1.82, 2.24) is 9.80 Å². The summed E-state index contributed by atoms with van der Waals surface area (Å²) in [6.07, 6.45) is 0. The van der Waals surface area contributed by atoms with Crippen molar-refractivity contribution in [2.45, 2.75) is 24.2 Å². The number of hydrogen-bond donors (Lipinski definition) is 0. The minimum atomic E-state index is 0.0241. The Morgan fingerprint density at radius 2 is 0.535 bits per heavy atom. The van der Waals surface area contributed by atoms with Crippen LogP contribution in [0.15, 0.2) is 182 Å². The van der Waals surface area contributed by atoms with Crippen LogP contribution < -0.4 is 0 Å². The first-order valence-corrected chi connectivity index (χ1v) is 15.1. The maximum absolute atomic E-state index is 2.61. The molecule has 1 heterocycles. The van der Waals surface area contributed by atoms with Gasteiger partial charge in [0.1, 0.15) is 0 Å². The molecule has 2 heteroatoms. The van der Waals surface area contributed by atoms with Crippen LogP contribution in [-0.2, 0) is 0 Å². The summed E-state index contributed by atoms with van der Waals surface area (Å²) in [4.78, 5) is 5.22. The zero-order valence-electron chi connectivity index (χ0n) is 24.1. The highest BCUT2D eigenvalue weighted by atomic mass is 15.4. The summed E-state index contributed by atoms with van der Waals surface area (Å²) in [5, 5.41) is 0. The van der Waals surface area contributed by atoms with Crippen molar-refractivity contribution in [3.63, 3.8) is 0 Å². The fraction of sp³-hybridized carbons (Fsp3) is 0.0976. The first-order chi connectivity index (χ1) is 21.4. The standard InChI is InChI=1S/C41H35N2/c1-7-19-32(20-8-1)38(33-21-9-2-10-22-33)42-31-43(39(34-23-11-3-12-24-34)35-25-13-4-14-26-35)41(37-29-17-6-18-30-37)40(42)36-27-15-5-16-28-36/h1-31,38-41H/t40-,41-/m1/s1. The van der Waals surface area contributed by atoms with Gasteiger partial charge in [-0.25, -0.2) is 0 Å². The summed E-state index contributed by atoms with van der Waals surface area (Å²) < 4.78 is 0. The van der Waals surface area contributed by atoms with E-state index in [4.69, 9.17) is 0 Å². The zero-order valence-corrected chi connectivity index (χ0v) is 24.1. The van der Waals surface area contributed by atoms with Crippen molar-refractivity contribution in [2.75, 3.05) is 0 Å². The largest absolute Gasteiger partial charge is 0.265 e. The van der Waals surface area contributed by atoms with Gasteiger partial charge in [-0.3, -0.25) is 9.80 Å². The minimum absolute atomic E-state index is 0.0241. The van der Waals surface area contributed by atoms with Crippen LogP contribution in [0.1, 0.15) is 57.5 Å². The van der Waals surface area contributed by atoms with Gasteiger partial charge < -0.3 is 0 Å². The molecule has 7 rings (SSSR count). The average molecular weight is 556 g/mol. The molecule has 6 aromatic carbocycles. The molecule has 1 radical (unpaired) electrons. The molecule has 0 spiro atoms. The topological polar surface area (TPSA) is 6.48 Å². The predicted molar refractivity (Wildman–Crippen MR) is 176 cm³/mol. The molecule has 0 bridgehead atoms. The van der Waals surface area contributed by atoms with Crippen LogP contribution in [0.25, 0.3) is 0 Å². The Kier molecular flexibility index (Phi) is 7.96. The summed E-state index contributed by atoms with van der Waals surface area (Å²) in [5.41, 5.74) is 7.69. The van der Waals surface area contributed by atoms with Gasteiger partial charge in [-0.05, 0) is 33.4 Å². The van der Waals surface area contributed by atoms with Gasteiger partial charge in [0.05, 0.1) is 30.8 Å². The van der Waals surface area contributed by atoms with Crippen LogP contribution in [0, 0.1) is 6.67 Å². The van der Waals surface area contributed by atoms with E-state index < -0.39 is 0 Å². The Morgan fingerprint density at radius 1 is 0.302 bits per heavy atom. The SMILES string of the molecule is [CH]1N(C(c2ccccc2)c2ccccc2)[C@H](c2ccccc2)[C@@H](c2ccccc2)N1C(c1ccccc1)c1ccccc1. The minimum Gasteiger partial charge on any atom is -0.265 e. The summed E-state index contributed by atoms with van der Waals surface area (Å²) in [6, 6.07) is 66.0. The summed E-state index contributed by atoms with van der Waals surface area (Å²) in [5.74, 6) is 0. The maximum atomic E-state index is 2.61. The summed E-state index contributed by atoms with van der Waals surface area (Å²) >= 11 is 0. The highest BCUT2D eigenvalue weighted by Gasteiger charge is 2.48. The second-order valence-electron chi connectivity index (χ2n) is 11.2. The van der Waals surface area contributed by atoms with Gasteiger partial charge in [0.2, 0.25) is 0 Å². The quantitative estimate of drug-likeness (QED) is 0.184. The Morgan fingerprint density at radius 3 is 0.791 bits per heavy atom. The number of nitrogens with zero attached hydrogens (tertiary/aromatic N) is 2. The average Bonchev–Trinajstić information content (AvgIpc) is 3.47. The lowest BCUT2D eigenvalue weighted by molar-refractivity contribution is 0.230. The fourth-order valence-corrected chi connectivity index (χ4v) is 6.70. The normalized spacial score (nSPS) is 17.4. The van der Waals surface area contributed by atoms with Crippen molar-refractivity contribution < 1.29 is 0 Å². The van der Waals surface area contributed by atoms with Crippen LogP contribution in [0.3, 0.4) is 0 Å². The zero-order chi connectivity index (χ0) is 28.8. The monoisotopic (exact) mass is 555 g/mol. The van der Waals surface area contributed by atoms with E-state index in [1.807, 2.05) is 0 Å². The molecule has 6 aromatic rings. The molecule has 43 heavy (non-hydrogen) atoms. The van der Waals surface area contributed by atoms with Crippen molar-refractivity contribution in [3.05, 3.63) is 222 Å². The molecule has 1 saturated heterocycles. The molecule has 0 aliphatic carbocycles. The molecular weight excluding hydrogens is 520 g/mol. The molecule has 0 aromatic heterocycles. The van der Waals surface area contributed by atoms with E-state index in [1.54, 1.807) is 0 Å². The molecule has 209 valence electrons. The third-order valence-corrected chi connectivity index (χ3v) is 8.55. The highest BCUT2D eigenvalue weighted by molar-refractivity contribution is 5.40. The molecule has 1 aliphatic rings. The van der Waals surface area contributed by atoms with Gasteiger partial charge in [-0.2, -0.15) is 0 Å². The van der Waals surface area contributed by atoms with Crippen LogP contribution in [0.4, 0.5) is 0 Å². The Balaban J connectivity index is 1.47. The van der Waals surface area contributed by atoms with E-state index in [-0.39, 0.29) is 24.2 Å². The Bertz CT molecular complexity index is 1480. The van der Waals surface area contributed by atoms with E-state index >= 15 is 0 Å². The summed E-state index contributed by atoms with van der Waals surface area (Å²) in [7, 11) is 0. The maximum Gasteiger partial charge on any atom is 0.0949 e. The molecule has 2 atom stereocenters. The molecular formula is C41H35N2. The Hall–Kier alpha value is -4.76. The van der Waals surface area contributed by atoms with Crippen molar-refractivity contribution >= 4 is 0 Å². The third-order valence-electron chi connectivity index (χ3n) is 8.55. The molecule has 0 unspecified atom stereocenters. The molecule has 0 amide bonds. The lowest BCUT2D eigenvalue weighted by Gasteiger charge is -2.35. The van der Waals surface area contributed by atoms with Gasteiger partial charge in [-0.15, -0.1) is 0 Å². The smallest absolute Gasteiger partial charge is 0.0949 e.